The van der Waals surface area contributed by atoms with Crippen LogP contribution in [0.5, 0.6) is 0 Å². The second kappa shape index (κ2) is 2.60. The number of thiazole rings is 1. The Morgan fingerprint density at radius 1 is 1.64 bits per heavy atom. The van der Waals surface area contributed by atoms with Gasteiger partial charge in [-0.1, -0.05) is 0 Å². The lowest BCUT2D eigenvalue weighted by molar-refractivity contribution is 0.541. The standard InChI is InChI=1S/C6H4N2OS2/c10-6-8-4(3-9-6)5-7-1-2-11-5/h1-3H,(H,8,10). The van der Waals surface area contributed by atoms with Crippen LogP contribution in [-0.2, 0) is 0 Å². The molecule has 56 valence electrons. The van der Waals surface area contributed by atoms with E-state index < -0.39 is 0 Å². The second-order valence-corrected chi connectivity index (χ2v) is 3.16. The van der Waals surface area contributed by atoms with E-state index in [9.17, 15) is 0 Å². The molecule has 0 aromatic carbocycles. The van der Waals surface area contributed by atoms with Crippen molar-refractivity contribution in [2.75, 3.05) is 0 Å². The third-order valence-electron chi connectivity index (χ3n) is 1.18. The lowest BCUT2D eigenvalue weighted by Gasteiger charge is -1.82. The van der Waals surface area contributed by atoms with Crippen LogP contribution in [0.1, 0.15) is 0 Å². The second-order valence-electron chi connectivity index (χ2n) is 1.90. The van der Waals surface area contributed by atoms with Crippen LogP contribution in [0.3, 0.4) is 0 Å². The van der Waals surface area contributed by atoms with Crippen molar-refractivity contribution in [1.82, 2.24) is 9.97 Å². The molecule has 0 saturated heterocycles. The topological polar surface area (TPSA) is 41.8 Å². The summed E-state index contributed by atoms with van der Waals surface area (Å²) in [6.45, 7) is 0. The predicted octanol–water partition coefficient (Wildman–Crippen LogP) is 2.46. The minimum atomic E-state index is 0.384. The van der Waals surface area contributed by atoms with Gasteiger partial charge >= 0.3 is 0 Å². The predicted molar refractivity (Wildman–Crippen MR) is 45.0 cm³/mol. The van der Waals surface area contributed by atoms with Crippen molar-refractivity contribution in [2.45, 2.75) is 0 Å². The minimum Gasteiger partial charge on any atom is -0.437 e. The first-order valence-electron chi connectivity index (χ1n) is 2.94. The summed E-state index contributed by atoms with van der Waals surface area (Å²) in [7, 11) is 0. The van der Waals surface area contributed by atoms with Crippen molar-refractivity contribution in [3.05, 3.63) is 22.7 Å². The highest BCUT2D eigenvalue weighted by Crippen LogP contribution is 2.19. The number of aromatic nitrogens is 2. The average Bonchev–Trinajstić information content (AvgIpc) is 2.55. The highest BCUT2D eigenvalue weighted by molar-refractivity contribution is 7.71. The molecule has 0 aliphatic carbocycles. The zero-order chi connectivity index (χ0) is 7.68. The summed E-state index contributed by atoms with van der Waals surface area (Å²) in [5.74, 6) is 0. The van der Waals surface area contributed by atoms with Gasteiger partial charge in [0.15, 0.2) is 0 Å². The summed E-state index contributed by atoms with van der Waals surface area (Å²) < 4.78 is 4.91. The Labute approximate surface area is 71.7 Å². The van der Waals surface area contributed by atoms with Crippen molar-refractivity contribution in [3.63, 3.8) is 0 Å². The number of nitrogens with zero attached hydrogens (tertiary/aromatic N) is 1. The van der Waals surface area contributed by atoms with E-state index in [-0.39, 0.29) is 0 Å². The van der Waals surface area contributed by atoms with E-state index in [0.29, 0.717) is 4.84 Å². The Morgan fingerprint density at radius 3 is 3.09 bits per heavy atom. The van der Waals surface area contributed by atoms with Gasteiger partial charge in [0, 0.05) is 11.6 Å². The monoisotopic (exact) mass is 184 g/mol. The van der Waals surface area contributed by atoms with Gasteiger partial charge in [0.2, 0.25) is 0 Å². The quantitative estimate of drug-likeness (QED) is 0.692. The third kappa shape index (κ3) is 1.24. The molecule has 0 radical (unpaired) electrons. The molecule has 0 unspecified atom stereocenters. The molecule has 2 heterocycles. The first kappa shape index (κ1) is 6.75. The molecular weight excluding hydrogens is 180 g/mol. The summed E-state index contributed by atoms with van der Waals surface area (Å²) in [6.07, 6.45) is 3.31. The largest absolute Gasteiger partial charge is 0.437 e. The zero-order valence-corrected chi connectivity index (χ0v) is 7.04. The molecule has 0 spiro atoms. The van der Waals surface area contributed by atoms with Gasteiger partial charge in [0.25, 0.3) is 4.84 Å². The molecular formula is C6H4N2OS2. The molecule has 3 nitrogen and oxygen atoms in total. The number of oxazole rings is 1. The van der Waals surface area contributed by atoms with Gasteiger partial charge < -0.3 is 9.40 Å². The lowest BCUT2D eigenvalue weighted by Crippen LogP contribution is -1.71. The van der Waals surface area contributed by atoms with Crippen LogP contribution in [0.15, 0.2) is 22.3 Å². The Balaban J connectivity index is 2.53. The van der Waals surface area contributed by atoms with Crippen molar-refractivity contribution < 1.29 is 4.42 Å². The van der Waals surface area contributed by atoms with Crippen LogP contribution in [0.25, 0.3) is 10.7 Å². The molecule has 2 aromatic heterocycles. The summed E-state index contributed by atoms with van der Waals surface area (Å²) in [5.41, 5.74) is 0.838. The number of nitrogens with one attached hydrogen (secondary N) is 1. The number of hydrogen-bond donors (Lipinski definition) is 1. The van der Waals surface area contributed by atoms with Crippen LogP contribution >= 0.6 is 23.6 Å². The Hall–Kier alpha value is -0.940. The fourth-order valence-corrected chi connectivity index (χ4v) is 1.50. The van der Waals surface area contributed by atoms with Gasteiger partial charge in [-0.05, 0) is 12.2 Å². The summed E-state index contributed by atoms with van der Waals surface area (Å²) in [4.78, 5) is 7.34. The first-order valence-corrected chi connectivity index (χ1v) is 4.23. The molecule has 2 rings (SSSR count). The van der Waals surface area contributed by atoms with E-state index in [4.69, 9.17) is 16.6 Å². The van der Waals surface area contributed by atoms with E-state index >= 15 is 0 Å². The maximum Gasteiger partial charge on any atom is 0.266 e. The fraction of sp³-hybridized carbons (Fsp3) is 0. The molecule has 0 aliphatic heterocycles. The normalized spacial score (nSPS) is 10.2. The van der Waals surface area contributed by atoms with E-state index in [2.05, 4.69) is 9.97 Å². The number of rotatable bonds is 1. The molecule has 1 N–H and O–H groups in total. The molecule has 0 bridgehead atoms. The van der Waals surface area contributed by atoms with E-state index in [1.807, 2.05) is 5.38 Å². The van der Waals surface area contributed by atoms with Crippen molar-refractivity contribution >= 4 is 23.6 Å². The number of H-pyrrole nitrogens is 1. The molecule has 0 saturated carbocycles. The van der Waals surface area contributed by atoms with Gasteiger partial charge in [-0.3, -0.25) is 0 Å². The van der Waals surface area contributed by atoms with Gasteiger partial charge in [0.1, 0.15) is 17.0 Å². The maximum absolute atomic E-state index is 4.91. The first-order chi connectivity index (χ1) is 5.36. The summed E-state index contributed by atoms with van der Waals surface area (Å²) in [6, 6.07) is 0. The van der Waals surface area contributed by atoms with Crippen LogP contribution in [-0.4, -0.2) is 9.97 Å². The third-order valence-corrected chi connectivity index (χ3v) is 2.19. The molecule has 0 atom stereocenters. The minimum absolute atomic E-state index is 0.384. The van der Waals surface area contributed by atoms with Gasteiger partial charge in [-0.2, -0.15) is 0 Å². The highest BCUT2D eigenvalue weighted by Gasteiger charge is 2.01. The van der Waals surface area contributed by atoms with Gasteiger partial charge in [-0.15, -0.1) is 11.3 Å². The van der Waals surface area contributed by atoms with Gasteiger partial charge in [0.05, 0.1) is 0 Å². The molecule has 5 heteroatoms. The molecule has 0 amide bonds. The fourth-order valence-electron chi connectivity index (χ4n) is 0.742. The van der Waals surface area contributed by atoms with Crippen LogP contribution in [0, 0.1) is 4.84 Å². The van der Waals surface area contributed by atoms with E-state index in [1.165, 1.54) is 0 Å². The molecule has 0 aliphatic rings. The van der Waals surface area contributed by atoms with Crippen molar-refractivity contribution in [1.29, 1.82) is 0 Å². The van der Waals surface area contributed by atoms with Crippen molar-refractivity contribution in [3.8, 4) is 10.7 Å². The Morgan fingerprint density at radius 2 is 2.55 bits per heavy atom. The summed E-state index contributed by atoms with van der Waals surface area (Å²) >= 11 is 6.30. The Bertz CT molecular complexity index is 387. The van der Waals surface area contributed by atoms with E-state index in [1.54, 1.807) is 23.8 Å². The smallest absolute Gasteiger partial charge is 0.266 e. The van der Waals surface area contributed by atoms with Crippen molar-refractivity contribution in [2.24, 2.45) is 0 Å². The van der Waals surface area contributed by atoms with Crippen LogP contribution < -0.4 is 0 Å². The van der Waals surface area contributed by atoms with Crippen LogP contribution in [0.4, 0.5) is 0 Å². The van der Waals surface area contributed by atoms with Crippen LogP contribution in [0.2, 0.25) is 0 Å². The maximum atomic E-state index is 4.91. The lowest BCUT2D eigenvalue weighted by atomic mass is 10.5. The molecule has 0 fully saturated rings. The van der Waals surface area contributed by atoms with Gasteiger partial charge in [-0.25, -0.2) is 4.98 Å². The molecule has 11 heavy (non-hydrogen) atoms. The Kier molecular flexibility index (Phi) is 1.59. The number of aromatic amines is 1. The number of hydrogen-bond acceptors (Lipinski definition) is 4. The zero-order valence-electron chi connectivity index (χ0n) is 5.40. The van der Waals surface area contributed by atoms with E-state index in [0.717, 1.165) is 10.7 Å². The average molecular weight is 184 g/mol. The SMILES string of the molecule is S=c1[nH]c(-c2nccs2)co1. The highest BCUT2D eigenvalue weighted by atomic mass is 32.1. The molecule has 2 aromatic rings. The summed E-state index contributed by atoms with van der Waals surface area (Å²) in [5, 5.41) is 2.80.